The van der Waals surface area contributed by atoms with Crippen LogP contribution in [0.1, 0.15) is 65.4 Å². The number of nitrogens with zero attached hydrogens (tertiary/aromatic N) is 7. The predicted octanol–water partition coefficient (Wildman–Crippen LogP) is 6.97. The first-order chi connectivity index (χ1) is 30.4. The molecule has 0 aliphatic heterocycles. The summed E-state index contributed by atoms with van der Waals surface area (Å²) in [4.78, 5) is 37.1. The van der Waals surface area contributed by atoms with Gasteiger partial charge in [0, 0.05) is 49.0 Å². The molecule has 2 saturated carbocycles. The van der Waals surface area contributed by atoms with Crippen molar-refractivity contribution in [2.45, 2.75) is 68.0 Å². The quantitative estimate of drug-likeness (QED) is 0.110. The number of amides is 1. The Kier molecular flexibility index (Phi) is 10.5. The number of hydrogen-bond donors (Lipinski definition) is 2. The first-order valence-electron chi connectivity index (χ1n) is 19.8. The van der Waals surface area contributed by atoms with Gasteiger partial charge in [-0.25, -0.2) is 22.2 Å². The number of ether oxygens (including phenoxy) is 1. The van der Waals surface area contributed by atoms with Gasteiger partial charge in [-0.1, -0.05) is 11.6 Å². The minimum atomic E-state index is -5.98. The number of aromatic nitrogens is 7. The normalized spacial score (nSPS) is 18.5. The van der Waals surface area contributed by atoms with Crippen LogP contribution in [-0.4, -0.2) is 79.9 Å². The zero-order chi connectivity index (χ0) is 46.7. The number of nitrogens with one attached hydrogen (secondary N) is 2. The van der Waals surface area contributed by atoms with E-state index in [2.05, 4.69) is 30.2 Å². The van der Waals surface area contributed by atoms with Crippen molar-refractivity contribution in [3.05, 3.63) is 97.8 Å². The second-order valence-electron chi connectivity index (χ2n) is 16.4. The summed E-state index contributed by atoms with van der Waals surface area (Å²) in [5, 5.41) is 10.9. The number of halogens is 10. The Hall–Kier alpha value is -5.91. The van der Waals surface area contributed by atoms with Gasteiger partial charge < -0.3 is 10.1 Å². The van der Waals surface area contributed by atoms with Gasteiger partial charge in [0.25, 0.3) is 11.5 Å². The number of alkyl halides is 7. The van der Waals surface area contributed by atoms with Crippen LogP contribution in [0.3, 0.4) is 0 Å². The van der Waals surface area contributed by atoms with E-state index in [9.17, 15) is 48.7 Å². The standard InChI is InChI=1S/C40H33ClF9N9O5S/c1-57-32-26(7-6-25(41)30(32)35(55-57)56-65(2,62)63)59-36(53-34-22(37(59)61)5-8-28(52-34)64-16-38(44,45)40(48,49)50)19(9-17-10-20(42)12-21(43)11-17)14-51-27(60)15-58-33-29(31(54-58)18-3-4-18)23-13-24(23)39(33,46)47/h5-8,10-12,18-19,23-24H,3-4,9,13-16H2,1-2H3,(H,51,60)(H,55,56)/t19-,23+,24-/m1/s1. The maximum absolute atomic E-state index is 15.6. The number of pyridine rings is 1. The number of fused-ring (bicyclic) bond motifs is 5. The van der Waals surface area contributed by atoms with E-state index in [-0.39, 0.29) is 61.7 Å². The van der Waals surface area contributed by atoms with Crippen molar-refractivity contribution >= 4 is 55.3 Å². The fourth-order valence-electron chi connectivity index (χ4n) is 8.46. The van der Waals surface area contributed by atoms with Crippen molar-refractivity contribution in [2.24, 2.45) is 13.0 Å². The summed E-state index contributed by atoms with van der Waals surface area (Å²) in [5.41, 5.74) is -0.983. The Labute approximate surface area is 365 Å². The lowest BCUT2D eigenvalue weighted by atomic mass is 9.97. The maximum atomic E-state index is 15.6. The minimum Gasteiger partial charge on any atom is -0.471 e. The van der Waals surface area contributed by atoms with Gasteiger partial charge in [0.15, 0.2) is 18.1 Å². The van der Waals surface area contributed by atoms with Crippen molar-refractivity contribution < 1.29 is 57.5 Å². The highest BCUT2D eigenvalue weighted by atomic mass is 35.5. The number of rotatable bonds is 14. The van der Waals surface area contributed by atoms with Crippen LogP contribution in [0.2, 0.25) is 5.02 Å². The van der Waals surface area contributed by atoms with E-state index >= 15 is 8.78 Å². The summed E-state index contributed by atoms with van der Waals surface area (Å²) in [6.07, 6.45) is -3.73. The molecule has 1 amide bonds. The number of benzene rings is 2. The van der Waals surface area contributed by atoms with Crippen LogP contribution in [0.5, 0.6) is 5.88 Å². The lowest BCUT2D eigenvalue weighted by Gasteiger charge is -2.23. The van der Waals surface area contributed by atoms with E-state index in [0.717, 1.165) is 52.6 Å². The molecule has 2 fully saturated rings. The van der Waals surface area contributed by atoms with E-state index in [0.29, 0.717) is 23.7 Å². The zero-order valence-corrected chi connectivity index (χ0v) is 35.2. The van der Waals surface area contributed by atoms with Gasteiger partial charge in [-0.2, -0.15) is 45.9 Å². The highest BCUT2D eigenvalue weighted by Gasteiger charge is 2.67. The molecule has 6 aromatic rings. The molecule has 344 valence electrons. The molecule has 0 radical (unpaired) electrons. The third-order valence-corrected chi connectivity index (χ3v) is 12.4. The largest absolute Gasteiger partial charge is 0.471 e. The topological polar surface area (TPSA) is 168 Å². The van der Waals surface area contributed by atoms with Gasteiger partial charge in [-0.3, -0.25) is 28.2 Å². The molecule has 2 N–H and O–H groups in total. The summed E-state index contributed by atoms with van der Waals surface area (Å²) >= 11 is 6.57. The van der Waals surface area contributed by atoms with Crippen molar-refractivity contribution in [1.82, 2.24) is 39.4 Å². The zero-order valence-electron chi connectivity index (χ0n) is 33.7. The molecule has 25 heteroatoms. The summed E-state index contributed by atoms with van der Waals surface area (Å²) in [7, 11) is -2.58. The van der Waals surface area contributed by atoms with Gasteiger partial charge in [0.1, 0.15) is 29.7 Å². The smallest absolute Gasteiger partial charge is 0.456 e. The van der Waals surface area contributed by atoms with E-state index in [1.54, 1.807) is 0 Å². The van der Waals surface area contributed by atoms with Crippen LogP contribution in [0.4, 0.5) is 45.3 Å². The van der Waals surface area contributed by atoms with Crippen LogP contribution >= 0.6 is 11.6 Å². The number of aryl methyl sites for hydroxylation is 1. The fraction of sp³-hybridized carbons (Fsp3) is 0.400. The first-order valence-corrected chi connectivity index (χ1v) is 22.0. The maximum Gasteiger partial charge on any atom is 0.456 e. The Balaban J connectivity index is 1.18. The average Bonchev–Trinajstić information content (AvgIpc) is 4.12. The molecule has 0 bridgehead atoms. The lowest BCUT2D eigenvalue weighted by Crippen LogP contribution is -2.41. The Morgan fingerprint density at radius 2 is 1.74 bits per heavy atom. The molecule has 9 rings (SSSR count). The molecule has 3 aliphatic carbocycles. The number of sulfonamides is 1. The van der Waals surface area contributed by atoms with Crippen LogP contribution in [0.15, 0.2) is 47.3 Å². The molecular formula is C40H33ClF9N9O5S. The molecule has 3 aliphatic rings. The minimum absolute atomic E-state index is 0.00684. The molecule has 0 saturated heterocycles. The van der Waals surface area contributed by atoms with E-state index in [4.69, 9.17) is 16.3 Å². The Morgan fingerprint density at radius 1 is 1.03 bits per heavy atom. The molecular weight excluding hydrogens is 925 g/mol. The van der Waals surface area contributed by atoms with Crippen LogP contribution in [0, 0.1) is 17.6 Å². The molecule has 65 heavy (non-hydrogen) atoms. The van der Waals surface area contributed by atoms with Crippen LogP contribution in [-0.2, 0) is 40.8 Å². The van der Waals surface area contributed by atoms with E-state index in [1.807, 2.05) is 0 Å². The lowest BCUT2D eigenvalue weighted by molar-refractivity contribution is -0.290. The SMILES string of the molecule is Cn1nc(NS(C)(=O)=O)c2c(Cl)ccc(-n3c([C@@H](CNC(=O)Cn4nc(C5CC5)c5c4C(F)(F)[C@@H]4C[C@H]54)Cc4cc(F)cc(F)c4)nc4nc(OCC(F)(F)C(F)(F)F)ccc4c3=O)c21. The second kappa shape index (κ2) is 15.3. The van der Waals surface area contributed by atoms with Crippen LogP contribution in [0.25, 0.3) is 27.6 Å². The molecule has 4 aromatic heterocycles. The highest BCUT2D eigenvalue weighted by molar-refractivity contribution is 7.92. The molecule has 14 nitrogen and oxygen atoms in total. The first kappa shape index (κ1) is 44.3. The van der Waals surface area contributed by atoms with Gasteiger partial charge in [0.2, 0.25) is 21.8 Å². The van der Waals surface area contributed by atoms with Crippen LogP contribution < -0.4 is 20.3 Å². The highest BCUT2D eigenvalue weighted by Crippen LogP contribution is 2.69. The third kappa shape index (κ3) is 8.11. The monoisotopic (exact) mass is 957 g/mol. The number of carbonyl (C=O) groups is 1. The molecule has 4 heterocycles. The summed E-state index contributed by atoms with van der Waals surface area (Å²) in [5.74, 6) is -15.4. The fourth-order valence-corrected chi connectivity index (χ4v) is 9.19. The molecule has 3 atom stereocenters. The van der Waals surface area contributed by atoms with Gasteiger partial charge >= 0.3 is 12.1 Å². The van der Waals surface area contributed by atoms with E-state index < -0.39 is 101 Å². The van der Waals surface area contributed by atoms with Crippen molar-refractivity contribution in [2.75, 3.05) is 24.1 Å². The number of anilines is 1. The van der Waals surface area contributed by atoms with Crippen molar-refractivity contribution in [3.63, 3.8) is 0 Å². The van der Waals surface area contributed by atoms with Gasteiger partial charge in [0.05, 0.1) is 38.9 Å². The van der Waals surface area contributed by atoms with E-state index in [1.165, 1.54) is 23.9 Å². The Morgan fingerprint density at radius 3 is 2.40 bits per heavy atom. The molecule has 2 aromatic carbocycles. The molecule has 0 spiro atoms. The third-order valence-electron chi connectivity index (χ3n) is 11.5. The summed E-state index contributed by atoms with van der Waals surface area (Å²) in [6.45, 7) is -3.40. The van der Waals surface area contributed by atoms with Crippen molar-refractivity contribution in [3.8, 4) is 11.6 Å². The summed E-state index contributed by atoms with van der Waals surface area (Å²) < 4.78 is 162. The van der Waals surface area contributed by atoms with Crippen molar-refractivity contribution in [1.29, 1.82) is 0 Å². The Bertz CT molecular complexity index is 3120. The summed E-state index contributed by atoms with van der Waals surface area (Å²) in [6, 6.07) is 6.96. The average molecular weight is 958 g/mol. The number of carbonyl (C=O) groups excluding carboxylic acids is 1. The van der Waals surface area contributed by atoms with Gasteiger partial charge in [-0.15, -0.1) is 0 Å². The van der Waals surface area contributed by atoms with Gasteiger partial charge in [-0.05, 0) is 67.5 Å². The predicted molar refractivity (Wildman–Crippen MR) is 214 cm³/mol. The second-order valence-corrected chi connectivity index (χ2v) is 18.5. The molecule has 0 unspecified atom stereocenters. The number of hydrogen-bond acceptors (Lipinski definition) is 9.